The van der Waals surface area contributed by atoms with Crippen molar-refractivity contribution in [2.75, 3.05) is 19.6 Å². The SMILES string of the molecule is O=C(O)CNC(=O)CNC(=O)C1CCCN1. The molecule has 1 aliphatic rings. The van der Waals surface area contributed by atoms with Gasteiger partial charge < -0.3 is 21.1 Å². The van der Waals surface area contributed by atoms with Crippen LogP contribution in [-0.4, -0.2) is 48.6 Å². The summed E-state index contributed by atoms with van der Waals surface area (Å²) in [5, 5.41) is 15.9. The molecule has 1 unspecified atom stereocenters. The predicted molar refractivity (Wildman–Crippen MR) is 54.7 cm³/mol. The molecular weight excluding hydrogens is 214 g/mol. The summed E-state index contributed by atoms with van der Waals surface area (Å²) in [6, 6.07) is -0.229. The number of carbonyl (C=O) groups excluding carboxylic acids is 2. The fraction of sp³-hybridized carbons (Fsp3) is 0.667. The van der Waals surface area contributed by atoms with Gasteiger partial charge in [0.05, 0.1) is 12.6 Å². The smallest absolute Gasteiger partial charge is 0.322 e. The molecule has 1 saturated heterocycles. The second kappa shape index (κ2) is 6.06. The van der Waals surface area contributed by atoms with Gasteiger partial charge in [-0.2, -0.15) is 0 Å². The zero-order valence-electron chi connectivity index (χ0n) is 8.78. The van der Waals surface area contributed by atoms with Crippen molar-refractivity contribution in [3.05, 3.63) is 0 Å². The Hall–Kier alpha value is -1.63. The van der Waals surface area contributed by atoms with Crippen LogP contribution in [0.5, 0.6) is 0 Å². The molecule has 4 N–H and O–H groups in total. The zero-order chi connectivity index (χ0) is 12.0. The van der Waals surface area contributed by atoms with E-state index in [0.29, 0.717) is 0 Å². The minimum absolute atomic E-state index is 0.190. The van der Waals surface area contributed by atoms with E-state index < -0.39 is 18.4 Å². The Morgan fingerprint density at radius 1 is 1.25 bits per heavy atom. The quantitative estimate of drug-likeness (QED) is 0.438. The highest BCUT2D eigenvalue weighted by Gasteiger charge is 2.21. The molecule has 0 aromatic rings. The van der Waals surface area contributed by atoms with Crippen LogP contribution in [0.2, 0.25) is 0 Å². The largest absolute Gasteiger partial charge is 0.480 e. The predicted octanol–water partition coefficient (Wildman–Crippen LogP) is -1.94. The number of amides is 2. The molecule has 0 aromatic carbocycles. The molecular formula is C9H15N3O4. The van der Waals surface area contributed by atoms with Crippen LogP contribution in [0.15, 0.2) is 0 Å². The van der Waals surface area contributed by atoms with Gasteiger partial charge in [-0.1, -0.05) is 0 Å². The van der Waals surface area contributed by atoms with E-state index >= 15 is 0 Å². The third-order valence-corrected chi connectivity index (χ3v) is 2.24. The average molecular weight is 229 g/mol. The van der Waals surface area contributed by atoms with Gasteiger partial charge in [-0.25, -0.2) is 0 Å². The topological polar surface area (TPSA) is 108 Å². The van der Waals surface area contributed by atoms with Crippen LogP contribution in [-0.2, 0) is 14.4 Å². The molecule has 0 aliphatic carbocycles. The van der Waals surface area contributed by atoms with E-state index in [-0.39, 0.29) is 18.5 Å². The van der Waals surface area contributed by atoms with Crippen LogP contribution < -0.4 is 16.0 Å². The van der Waals surface area contributed by atoms with Gasteiger partial charge in [-0.05, 0) is 19.4 Å². The van der Waals surface area contributed by atoms with E-state index in [1.165, 1.54) is 0 Å². The van der Waals surface area contributed by atoms with Crippen molar-refractivity contribution in [1.82, 2.24) is 16.0 Å². The third kappa shape index (κ3) is 4.26. The molecule has 0 radical (unpaired) electrons. The number of rotatable bonds is 5. The van der Waals surface area contributed by atoms with Gasteiger partial charge >= 0.3 is 5.97 Å². The minimum Gasteiger partial charge on any atom is -0.480 e. The Kier molecular flexibility index (Phi) is 4.71. The maximum Gasteiger partial charge on any atom is 0.322 e. The summed E-state index contributed by atoms with van der Waals surface area (Å²) in [5.41, 5.74) is 0. The Bertz CT molecular complexity index is 286. The molecule has 1 rings (SSSR count). The second-order valence-corrected chi connectivity index (χ2v) is 3.54. The highest BCUT2D eigenvalue weighted by molar-refractivity contribution is 5.88. The molecule has 7 nitrogen and oxygen atoms in total. The molecule has 1 aliphatic heterocycles. The van der Waals surface area contributed by atoms with Gasteiger partial charge in [-0.15, -0.1) is 0 Å². The fourth-order valence-corrected chi connectivity index (χ4v) is 1.44. The van der Waals surface area contributed by atoms with Crippen LogP contribution in [0.4, 0.5) is 0 Å². The fourth-order valence-electron chi connectivity index (χ4n) is 1.44. The molecule has 0 bridgehead atoms. The number of nitrogens with one attached hydrogen (secondary N) is 3. The summed E-state index contributed by atoms with van der Waals surface area (Å²) in [6.45, 7) is 0.184. The lowest BCUT2D eigenvalue weighted by Crippen LogP contribution is -2.45. The second-order valence-electron chi connectivity index (χ2n) is 3.54. The average Bonchev–Trinajstić information content (AvgIpc) is 2.76. The maximum atomic E-state index is 11.4. The van der Waals surface area contributed by atoms with Crippen molar-refractivity contribution < 1.29 is 19.5 Å². The zero-order valence-corrected chi connectivity index (χ0v) is 8.78. The number of carboxylic acids is 1. The van der Waals surface area contributed by atoms with Crippen molar-refractivity contribution in [3.63, 3.8) is 0 Å². The maximum absolute atomic E-state index is 11.4. The minimum atomic E-state index is -1.11. The summed E-state index contributed by atoms with van der Waals surface area (Å²) in [4.78, 5) is 32.6. The number of carbonyl (C=O) groups is 3. The van der Waals surface area contributed by atoms with Crippen molar-refractivity contribution >= 4 is 17.8 Å². The molecule has 0 aromatic heterocycles. The third-order valence-electron chi connectivity index (χ3n) is 2.24. The van der Waals surface area contributed by atoms with Crippen LogP contribution >= 0.6 is 0 Å². The van der Waals surface area contributed by atoms with E-state index in [9.17, 15) is 14.4 Å². The Balaban J connectivity index is 2.15. The van der Waals surface area contributed by atoms with Gasteiger partial charge in [0.15, 0.2) is 0 Å². The van der Waals surface area contributed by atoms with Crippen molar-refractivity contribution in [2.45, 2.75) is 18.9 Å². The van der Waals surface area contributed by atoms with Crippen LogP contribution in [0, 0.1) is 0 Å². The first-order valence-electron chi connectivity index (χ1n) is 5.09. The van der Waals surface area contributed by atoms with E-state index in [1.54, 1.807) is 0 Å². The van der Waals surface area contributed by atoms with Gasteiger partial charge in [0.1, 0.15) is 6.54 Å². The molecule has 7 heteroatoms. The molecule has 0 spiro atoms. The van der Waals surface area contributed by atoms with Gasteiger partial charge in [-0.3, -0.25) is 14.4 Å². The normalized spacial score (nSPS) is 19.1. The first-order valence-corrected chi connectivity index (χ1v) is 5.09. The molecule has 16 heavy (non-hydrogen) atoms. The highest BCUT2D eigenvalue weighted by Crippen LogP contribution is 2.03. The Morgan fingerprint density at radius 3 is 2.56 bits per heavy atom. The van der Waals surface area contributed by atoms with Crippen LogP contribution in [0.1, 0.15) is 12.8 Å². The molecule has 2 amide bonds. The molecule has 1 fully saturated rings. The lowest BCUT2D eigenvalue weighted by molar-refractivity contribution is -0.137. The molecule has 90 valence electrons. The lowest BCUT2D eigenvalue weighted by Gasteiger charge is -2.10. The Morgan fingerprint density at radius 2 is 2.00 bits per heavy atom. The number of hydrogen-bond donors (Lipinski definition) is 4. The van der Waals surface area contributed by atoms with E-state index in [0.717, 1.165) is 19.4 Å². The summed E-state index contributed by atoms with van der Waals surface area (Å²) < 4.78 is 0. The monoisotopic (exact) mass is 229 g/mol. The molecule has 0 saturated carbocycles. The molecule has 1 atom stereocenters. The van der Waals surface area contributed by atoms with Crippen molar-refractivity contribution in [2.24, 2.45) is 0 Å². The van der Waals surface area contributed by atoms with Crippen LogP contribution in [0.25, 0.3) is 0 Å². The number of carboxylic acid groups (broad SMARTS) is 1. The highest BCUT2D eigenvalue weighted by atomic mass is 16.4. The summed E-state index contributed by atoms with van der Waals surface area (Å²) in [7, 11) is 0. The van der Waals surface area contributed by atoms with Gasteiger partial charge in [0.25, 0.3) is 0 Å². The first kappa shape index (κ1) is 12.4. The van der Waals surface area contributed by atoms with E-state index in [1.807, 2.05) is 0 Å². The van der Waals surface area contributed by atoms with Crippen LogP contribution in [0.3, 0.4) is 0 Å². The van der Waals surface area contributed by atoms with Crippen molar-refractivity contribution in [1.29, 1.82) is 0 Å². The van der Waals surface area contributed by atoms with Gasteiger partial charge in [0.2, 0.25) is 11.8 Å². The number of aliphatic carboxylic acids is 1. The lowest BCUT2D eigenvalue weighted by atomic mass is 10.2. The summed E-state index contributed by atoms with van der Waals surface area (Å²) in [5.74, 6) is -1.84. The molecule has 1 heterocycles. The Labute approximate surface area is 92.6 Å². The van der Waals surface area contributed by atoms with E-state index in [4.69, 9.17) is 5.11 Å². The van der Waals surface area contributed by atoms with Crippen molar-refractivity contribution in [3.8, 4) is 0 Å². The standard InChI is InChI=1S/C9H15N3O4/c13-7(11-5-8(14)15)4-12-9(16)6-2-1-3-10-6/h6,10H,1-5H2,(H,11,13)(H,12,16)(H,14,15). The van der Waals surface area contributed by atoms with E-state index in [2.05, 4.69) is 16.0 Å². The summed E-state index contributed by atoms with van der Waals surface area (Å²) in [6.07, 6.45) is 1.71. The first-order chi connectivity index (χ1) is 7.59. The van der Waals surface area contributed by atoms with Gasteiger partial charge in [0, 0.05) is 0 Å². The number of hydrogen-bond acceptors (Lipinski definition) is 4. The summed E-state index contributed by atoms with van der Waals surface area (Å²) >= 11 is 0.